The lowest BCUT2D eigenvalue weighted by Crippen LogP contribution is -2.11. The van der Waals surface area contributed by atoms with Gasteiger partial charge in [0, 0.05) is 35.8 Å². The zero-order valence-corrected chi connectivity index (χ0v) is 16.4. The molecule has 0 radical (unpaired) electrons. The molecule has 4 aromatic heterocycles. The van der Waals surface area contributed by atoms with Crippen molar-refractivity contribution < 1.29 is 0 Å². The summed E-state index contributed by atoms with van der Waals surface area (Å²) in [6.07, 6.45) is 8.42. The first-order valence-corrected chi connectivity index (χ1v) is 9.10. The maximum Gasteiger partial charge on any atom is 0.137 e. The van der Waals surface area contributed by atoms with Crippen LogP contribution in [0.25, 0.3) is 22.6 Å². The van der Waals surface area contributed by atoms with Crippen LogP contribution in [0.5, 0.6) is 0 Å². The topological polar surface area (TPSA) is 34.6 Å². The Kier molecular flexibility index (Phi) is 3.52. The molecule has 0 aliphatic heterocycles. The number of imidazole rings is 2. The molecule has 0 aliphatic rings. The van der Waals surface area contributed by atoms with Gasteiger partial charge in [0.15, 0.2) is 0 Å². The molecule has 4 heterocycles. The van der Waals surface area contributed by atoms with Crippen molar-refractivity contribution in [3.8, 4) is 11.3 Å². The van der Waals surface area contributed by atoms with Crippen LogP contribution in [0.4, 0.5) is 0 Å². The molecule has 0 N–H and O–H groups in total. The Morgan fingerprint density at radius 3 is 2.19 bits per heavy atom. The Balaban J connectivity index is 1.79. The summed E-state index contributed by atoms with van der Waals surface area (Å²) in [4.78, 5) is 9.59. The Morgan fingerprint density at radius 1 is 0.731 bits per heavy atom. The van der Waals surface area contributed by atoms with Crippen LogP contribution in [0.15, 0.2) is 49.1 Å². The van der Waals surface area contributed by atoms with E-state index in [1.165, 1.54) is 5.56 Å². The van der Waals surface area contributed by atoms with Crippen LogP contribution in [0, 0.1) is 0 Å². The average molecular weight is 346 g/mol. The number of hydrogen-bond acceptors (Lipinski definition) is 2. The van der Waals surface area contributed by atoms with Crippen LogP contribution in [0.1, 0.15) is 52.8 Å². The van der Waals surface area contributed by atoms with E-state index < -0.39 is 0 Å². The molecule has 0 saturated heterocycles. The monoisotopic (exact) mass is 346 g/mol. The summed E-state index contributed by atoms with van der Waals surface area (Å²) in [5.41, 5.74) is 6.57. The van der Waals surface area contributed by atoms with Crippen LogP contribution in [-0.2, 0) is 10.8 Å². The first-order valence-electron chi connectivity index (χ1n) is 9.10. The van der Waals surface area contributed by atoms with Gasteiger partial charge < -0.3 is 8.80 Å². The molecule has 4 nitrogen and oxygen atoms in total. The van der Waals surface area contributed by atoms with Gasteiger partial charge in [-0.1, -0.05) is 41.5 Å². The van der Waals surface area contributed by atoms with Gasteiger partial charge in [-0.15, -0.1) is 0 Å². The van der Waals surface area contributed by atoms with Crippen LogP contribution in [0.2, 0.25) is 0 Å². The van der Waals surface area contributed by atoms with Gasteiger partial charge in [-0.25, -0.2) is 9.97 Å². The largest absolute Gasteiger partial charge is 0.306 e. The average Bonchev–Trinajstić information content (AvgIpc) is 3.16. The van der Waals surface area contributed by atoms with E-state index in [4.69, 9.17) is 9.97 Å². The highest BCUT2D eigenvalue weighted by Gasteiger charge is 2.18. The Morgan fingerprint density at radius 2 is 1.50 bits per heavy atom. The Labute approximate surface area is 154 Å². The van der Waals surface area contributed by atoms with E-state index in [-0.39, 0.29) is 10.8 Å². The maximum absolute atomic E-state index is 4.85. The number of hydrogen-bond donors (Lipinski definition) is 0. The second-order valence-electron chi connectivity index (χ2n) is 9.12. The van der Waals surface area contributed by atoms with Gasteiger partial charge in [-0.05, 0) is 35.2 Å². The minimum atomic E-state index is 0.0403. The molecule has 0 saturated carbocycles. The molecule has 0 unspecified atom stereocenters. The van der Waals surface area contributed by atoms with Crippen LogP contribution in [0.3, 0.4) is 0 Å². The Hall–Kier alpha value is -2.62. The van der Waals surface area contributed by atoms with Crippen molar-refractivity contribution in [2.75, 3.05) is 0 Å². The predicted molar refractivity (Wildman–Crippen MR) is 107 cm³/mol. The van der Waals surface area contributed by atoms with Crippen molar-refractivity contribution in [2.45, 2.75) is 52.4 Å². The zero-order chi connectivity index (χ0) is 18.7. The fourth-order valence-corrected chi connectivity index (χ4v) is 3.09. The van der Waals surface area contributed by atoms with Crippen molar-refractivity contribution in [3.63, 3.8) is 0 Å². The van der Waals surface area contributed by atoms with E-state index in [1.807, 2.05) is 0 Å². The molecule has 134 valence electrons. The van der Waals surface area contributed by atoms with Crippen molar-refractivity contribution in [1.29, 1.82) is 0 Å². The highest BCUT2D eigenvalue weighted by molar-refractivity contribution is 5.64. The third-order valence-corrected chi connectivity index (χ3v) is 4.84. The zero-order valence-electron chi connectivity index (χ0n) is 16.4. The lowest BCUT2D eigenvalue weighted by atomic mass is 9.88. The maximum atomic E-state index is 4.85. The van der Waals surface area contributed by atoms with E-state index in [2.05, 4.69) is 99.4 Å². The quantitative estimate of drug-likeness (QED) is 0.472. The summed E-state index contributed by atoms with van der Waals surface area (Å²) in [7, 11) is 0. The van der Waals surface area contributed by atoms with Gasteiger partial charge in [0.2, 0.25) is 0 Å². The summed E-state index contributed by atoms with van der Waals surface area (Å²) in [5, 5.41) is 0. The number of rotatable bonds is 1. The molecule has 0 atom stereocenters. The second kappa shape index (κ2) is 5.44. The standard InChI is InChI=1S/C22H26N4/c1-21(2,3)16-9-10-25-13-17(23-20(25)11-16)15-7-8-19-24-18(22(4,5)6)14-26(19)12-15/h7-14H,1-6H3. The molecule has 0 fully saturated rings. The SMILES string of the molecule is CC(C)(C)c1ccn2cc(-c3ccc4nc(C(C)(C)C)cn4c3)nc2c1. The molecule has 26 heavy (non-hydrogen) atoms. The Bertz CT molecular complexity index is 1090. The number of aromatic nitrogens is 4. The predicted octanol–water partition coefficient (Wildman–Crippen LogP) is 5.24. The highest BCUT2D eigenvalue weighted by atomic mass is 15.0. The van der Waals surface area contributed by atoms with Crippen molar-refractivity contribution in [2.24, 2.45) is 0 Å². The second-order valence-corrected chi connectivity index (χ2v) is 9.12. The van der Waals surface area contributed by atoms with Crippen LogP contribution in [-0.4, -0.2) is 18.8 Å². The molecule has 0 aromatic carbocycles. The molecule has 0 amide bonds. The molecule has 4 rings (SSSR count). The van der Waals surface area contributed by atoms with E-state index in [1.54, 1.807) is 0 Å². The van der Waals surface area contributed by atoms with Crippen molar-refractivity contribution in [1.82, 2.24) is 18.8 Å². The third-order valence-electron chi connectivity index (χ3n) is 4.84. The van der Waals surface area contributed by atoms with Crippen molar-refractivity contribution >= 4 is 11.3 Å². The lowest BCUT2D eigenvalue weighted by Gasteiger charge is -2.18. The normalized spacial score (nSPS) is 13.0. The minimum Gasteiger partial charge on any atom is -0.306 e. The van der Waals surface area contributed by atoms with E-state index in [9.17, 15) is 0 Å². The summed E-state index contributed by atoms with van der Waals surface area (Å²) < 4.78 is 4.18. The molecular formula is C22H26N4. The molecule has 4 heteroatoms. The van der Waals surface area contributed by atoms with Gasteiger partial charge in [0.25, 0.3) is 0 Å². The minimum absolute atomic E-state index is 0.0403. The van der Waals surface area contributed by atoms with Gasteiger partial charge in [-0.2, -0.15) is 0 Å². The molecular weight excluding hydrogens is 320 g/mol. The highest BCUT2D eigenvalue weighted by Crippen LogP contribution is 2.26. The fourth-order valence-electron chi connectivity index (χ4n) is 3.09. The molecule has 0 aliphatic carbocycles. The van der Waals surface area contributed by atoms with Gasteiger partial charge in [-0.3, -0.25) is 0 Å². The molecule has 0 bridgehead atoms. The van der Waals surface area contributed by atoms with Crippen LogP contribution >= 0.6 is 0 Å². The van der Waals surface area contributed by atoms with Crippen LogP contribution < -0.4 is 0 Å². The molecule has 0 spiro atoms. The van der Waals surface area contributed by atoms with E-state index >= 15 is 0 Å². The fraction of sp³-hybridized carbons (Fsp3) is 0.364. The smallest absolute Gasteiger partial charge is 0.137 e. The van der Waals surface area contributed by atoms with Gasteiger partial charge in [0.05, 0.1) is 11.4 Å². The first kappa shape index (κ1) is 16.8. The van der Waals surface area contributed by atoms with Gasteiger partial charge in [0.1, 0.15) is 11.3 Å². The number of nitrogens with zero attached hydrogens (tertiary/aromatic N) is 4. The molecule has 4 aromatic rings. The summed E-state index contributed by atoms with van der Waals surface area (Å²) in [6.45, 7) is 13.2. The number of fused-ring (bicyclic) bond motifs is 2. The van der Waals surface area contributed by atoms with Gasteiger partial charge >= 0.3 is 0 Å². The van der Waals surface area contributed by atoms with Crippen molar-refractivity contribution in [3.05, 3.63) is 60.3 Å². The summed E-state index contributed by atoms with van der Waals surface area (Å²) in [5.74, 6) is 0. The number of pyridine rings is 2. The van der Waals surface area contributed by atoms with E-state index in [0.717, 1.165) is 28.2 Å². The first-order chi connectivity index (χ1) is 12.1. The van der Waals surface area contributed by atoms with E-state index in [0.29, 0.717) is 0 Å². The lowest BCUT2D eigenvalue weighted by molar-refractivity contribution is 0.573. The summed E-state index contributed by atoms with van der Waals surface area (Å²) >= 11 is 0. The summed E-state index contributed by atoms with van der Waals surface area (Å²) in [6, 6.07) is 8.51. The third kappa shape index (κ3) is 2.90.